The molecular formula is C13H9Br2FN2O2. The molecule has 4 nitrogen and oxygen atoms in total. The Morgan fingerprint density at radius 3 is 2.70 bits per heavy atom. The molecule has 1 aromatic heterocycles. The first-order chi connectivity index (χ1) is 9.51. The number of hydrogen-bond donors (Lipinski definition) is 1. The Morgan fingerprint density at radius 2 is 2.05 bits per heavy atom. The molecule has 0 aliphatic heterocycles. The van der Waals surface area contributed by atoms with Crippen LogP contribution in [0.1, 0.15) is 10.5 Å². The third-order valence-electron chi connectivity index (χ3n) is 2.44. The maximum absolute atomic E-state index is 13.0. The van der Waals surface area contributed by atoms with Gasteiger partial charge >= 0.3 is 0 Å². The van der Waals surface area contributed by atoms with E-state index in [0.717, 1.165) is 4.47 Å². The van der Waals surface area contributed by atoms with Crippen LogP contribution < -0.4 is 10.1 Å². The maximum Gasteiger partial charge on any atom is 0.274 e. The predicted octanol–water partition coefficient (Wildman–Crippen LogP) is 4.01. The lowest BCUT2D eigenvalue weighted by Crippen LogP contribution is -2.14. The minimum Gasteiger partial charge on any atom is -0.495 e. The summed E-state index contributed by atoms with van der Waals surface area (Å²) in [6.07, 6.45) is 0. The van der Waals surface area contributed by atoms with Crippen molar-refractivity contribution in [1.29, 1.82) is 0 Å². The maximum atomic E-state index is 13.0. The van der Waals surface area contributed by atoms with Gasteiger partial charge in [-0.05, 0) is 50.1 Å². The molecule has 0 saturated carbocycles. The zero-order valence-electron chi connectivity index (χ0n) is 10.3. The SMILES string of the molecule is COc1cc(NC(=O)c2cccc(F)n2)c(Br)cc1Br. The minimum absolute atomic E-state index is 0.00112. The molecule has 0 fully saturated rings. The van der Waals surface area contributed by atoms with Crippen LogP contribution >= 0.6 is 31.9 Å². The Kier molecular flexibility index (Phi) is 4.72. The highest BCUT2D eigenvalue weighted by atomic mass is 79.9. The zero-order chi connectivity index (χ0) is 14.7. The normalized spacial score (nSPS) is 10.2. The molecule has 0 aliphatic rings. The van der Waals surface area contributed by atoms with Crippen LogP contribution in [0, 0.1) is 5.95 Å². The predicted molar refractivity (Wildman–Crippen MR) is 80.5 cm³/mol. The van der Waals surface area contributed by atoms with Crippen molar-refractivity contribution in [2.75, 3.05) is 12.4 Å². The largest absolute Gasteiger partial charge is 0.495 e. The molecule has 1 aromatic carbocycles. The van der Waals surface area contributed by atoms with Gasteiger partial charge in [-0.15, -0.1) is 0 Å². The van der Waals surface area contributed by atoms with Crippen molar-refractivity contribution in [3.05, 3.63) is 50.9 Å². The number of carbonyl (C=O) groups is 1. The van der Waals surface area contributed by atoms with E-state index in [1.165, 1.54) is 25.3 Å². The van der Waals surface area contributed by atoms with Gasteiger partial charge < -0.3 is 10.1 Å². The Balaban J connectivity index is 2.28. The molecule has 0 spiro atoms. The molecular weight excluding hydrogens is 395 g/mol. The van der Waals surface area contributed by atoms with Crippen LogP contribution in [0.25, 0.3) is 0 Å². The molecule has 0 unspecified atom stereocenters. The van der Waals surface area contributed by atoms with Gasteiger partial charge in [0.15, 0.2) is 0 Å². The Hall–Kier alpha value is -1.47. The lowest BCUT2D eigenvalue weighted by atomic mass is 10.2. The number of benzene rings is 1. The Labute approximate surface area is 131 Å². The monoisotopic (exact) mass is 402 g/mol. The summed E-state index contributed by atoms with van der Waals surface area (Å²) in [5.41, 5.74) is 0.500. The minimum atomic E-state index is -0.704. The third-order valence-corrected chi connectivity index (χ3v) is 3.71. The first-order valence-electron chi connectivity index (χ1n) is 5.48. The van der Waals surface area contributed by atoms with Crippen LogP contribution in [0.2, 0.25) is 0 Å². The van der Waals surface area contributed by atoms with Crippen LogP contribution in [0.3, 0.4) is 0 Å². The second-order valence-corrected chi connectivity index (χ2v) is 5.47. The number of nitrogens with one attached hydrogen (secondary N) is 1. The third kappa shape index (κ3) is 3.34. The summed E-state index contributed by atoms with van der Waals surface area (Å²) in [7, 11) is 1.52. The van der Waals surface area contributed by atoms with Crippen molar-refractivity contribution in [2.45, 2.75) is 0 Å². The number of aromatic nitrogens is 1. The molecule has 1 amide bonds. The molecule has 2 rings (SSSR count). The van der Waals surface area contributed by atoms with Crippen LogP contribution in [0.4, 0.5) is 10.1 Å². The van der Waals surface area contributed by atoms with E-state index in [-0.39, 0.29) is 5.69 Å². The van der Waals surface area contributed by atoms with E-state index in [0.29, 0.717) is 15.9 Å². The van der Waals surface area contributed by atoms with Crippen LogP contribution in [0.5, 0.6) is 5.75 Å². The average Bonchev–Trinajstić information content (AvgIpc) is 2.41. The number of hydrogen-bond acceptors (Lipinski definition) is 3. The summed E-state index contributed by atoms with van der Waals surface area (Å²) in [6.45, 7) is 0. The second-order valence-electron chi connectivity index (χ2n) is 3.77. The van der Waals surface area contributed by atoms with Gasteiger partial charge in [0.05, 0.1) is 17.3 Å². The van der Waals surface area contributed by atoms with Gasteiger partial charge in [-0.3, -0.25) is 4.79 Å². The van der Waals surface area contributed by atoms with E-state index in [1.54, 1.807) is 12.1 Å². The number of halogens is 3. The number of nitrogens with zero attached hydrogens (tertiary/aromatic N) is 1. The molecule has 0 bridgehead atoms. The summed E-state index contributed by atoms with van der Waals surface area (Å²) in [4.78, 5) is 15.5. The van der Waals surface area contributed by atoms with E-state index in [9.17, 15) is 9.18 Å². The fourth-order valence-corrected chi connectivity index (χ4v) is 2.76. The first kappa shape index (κ1) is 14.9. The van der Waals surface area contributed by atoms with E-state index in [1.807, 2.05) is 0 Å². The molecule has 0 aliphatic carbocycles. The van der Waals surface area contributed by atoms with E-state index in [4.69, 9.17) is 4.74 Å². The van der Waals surface area contributed by atoms with Crippen molar-refractivity contribution in [2.24, 2.45) is 0 Å². The quantitative estimate of drug-likeness (QED) is 0.788. The molecule has 104 valence electrons. The number of rotatable bonds is 3. The van der Waals surface area contributed by atoms with Crippen molar-refractivity contribution in [3.63, 3.8) is 0 Å². The van der Waals surface area contributed by atoms with Gasteiger partial charge in [-0.25, -0.2) is 4.98 Å². The number of pyridine rings is 1. The smallest absolute Gasteiger partial charge is 0.274 e. The number of anilines is 1. The molecule has 1 heterocycles. The van der Waals surface area contributed by atoms with Gasteiger partial charge in [0, 0.05) is 10.5 Å². The topological polar surface area (TPSA) is 51.2 Å². The molecule has 0 atom stereocenters. The number of carbonyl (C=O) groups excluding carboxylic acids is 1. The fourth-order valence-electron chi connectivity index (χ4n) is 1.50. The molecule has 2 aromatic rings. The van der Waals surface area contributed by atoms with Crippen molar-refractivity contribution >= 4 is 43.5 Å². The summed E-state index contributed by atoms with van der Waals surface area (Å²) in [5, 5.41) is 2.64. The summed E-state index contributed by atoms with van der Waals surface area (Å²) >= 11 is 6.66. The van der Waals surface area contributed by atoms with Gasteiger partial charge in [-0.2, -0.15) is 4.39 Å². The highest BCUT2D eigenvalue weighted by molar-refractivity contribution is 9.11. The molecule has 7 heteroatoms. The van der Waals surface area contributed by atoms with E-state index in [2.05, 4.69) is 42.2 Å². The highest BCUT2D eigenvalue weighted by Crippen LogP contribution is 2.34. The van der Waals surface area contributed by atoms with E-state index < -0.39 is 11.9 Å². The fraction of sp³-hybridized carbons (Fsp3) is 0.0769. The van der Waals surface area contributed by atoms with Crippen molar-refractivity contribution in [3.8, 4) is 5.75 Å². The number of ether oxygens (including phenoxy) is 1. The number of methoxy groups -OCH3 is 1. The van der Waals surface area contributed by atoms with Gasteiger partial charge in [0.1, 0.15) is 11.4 Å². The first-order valence-corrected chi connectivity index (χ1v) is 7.07. The lowest BCUT2D eigenvalue weighted by molar-refractivity contribution is 0.102. The number of amides is 1. The van der Waals surface area contributed by atoms with Crippen molar-refractivity contribution in [1.82, 2.24) is 4.98 Å². The average molecular weight is 404 g/mol. The van der Waals surface area contributed by atoms with Crippen LogP contribution in [-0.4, -0.2) is 18.0 Å². The van der Waals surface area contributed by atoms with Gasteiger partial charge in [0.25, 0.3) is 5.91 Å². The standard InChI is InChI=1S/C13H9Br2FN2O2/c1-20-11-6-10(7(14)5-8(11)15)18-13(19)9-3-2-4-12(16)17-9/h2-6H,1H3,(H,18,19). The van der Waals surface area contributed by atoms with Gasteiger partial charge in [-0.1, -0.05) is 6.07 Å². The molecule has 0 saturated heterocycles. The highest BCUT2D eigenvalue weighted by Gasteiger charge is 2.13. The molecule has 0 radical (unpaired) electrons. The lowest BCUT2D eigenvalue weighted by Gasteiger charge is -2.10. The summed E-state index contributed by atoms with van der Waals surface area (Å²) in [5.74, 6) is -0.643. The Morgan fingerprint density at radius 1 is 1.30 bits per heavy atom. The van der Waals surface area contributed by atoms with Gasteiger partial charge in [0.2, 0.25) is 5.95 Å². The molecule has 1 N–H and O–H groups in total. The van der Waals surface area contributed by atoms with Crippen molar-refractivity contribution < 1.29 is 13.9 Å². The van der Waals surface area contributed by atoms with Crippen LogP contribution in [-0.2, 0) is 0 Å². The summed E-state index contributed by atoms with van der Waals surface area (Å²) in [6, 6.07) is 7.42. The summed E-state index contributed by atoms with van der Waals surface area (Å²) < 4.78 is 19.5. The molecule has 20 heavy (non-hydrogen) atoms. The Bertz CT molecular complexity index is 665. The second kappa shape index (κ2) is 6.32. The van der Waals surface area contributed by atoms with E-state index >= 15 is 0 Å². The van der Waals surface area contributed by atoms with Crippen LogP contribution in [0.15, 0.2) is 39.3 Å². The zero-order valence-corrected chi connectivity index (χ0v) is 13.5.